The highest BCUT2D eigenvalue weighted by atomic mass is 16.5. The summed E-state index contributed by atoms with van der Waals surface area (Å²) in [7, 11) is 0. The van der Waals surface area contributed by atoms with Gasteiger partial charge in [0.25, 0.3) is 0 Å². The van der Waals surface area contributed by atoms with E-state index in [1.165, 1.54) is 83.8 Å². The molecule has 8 atom stereocenters. The van der Waals surface area contributed by atoms with Crippen molar-refractivity contribution in [2.24, 2.45) is 55.2 Å². The van der Waals surface area contributed by atoms with Gasteiger partial charge >= 0.3 is 0 Å². The van der Waals surface area contributed by atoms with Crippen LogP contribution in [0.4, 0.5) is 0 Å². The molecule has 0 aromatic heterocycles. The summed E-state index contributed by atoms with van der Waals surface area (Å²) in [6.45, 7) is 73.5. The maximum atomic E-state index is 5.64. The van der Waals surface area contributed by atoms with E-state index in [4.69, 9.17) is 18.9 Å². The monoisotopic (exact) mass is 1140 g/mol. The Morgan fingerprint density at radius 1 is 0.263 bits per heavy atom. The van der Waals surface area contributed by atoms with Gasteiger partial charge in [0.05, 0.1) is 32.0 Å². The molecule has 0 spiro atoms. The van der Waals surface area contributed by atoms with Crippen molar-refractivity contribution < 1.29 is 18.9 Å². The molecule has 8 N–H and O–H groups in total. The fourth-order valence-corrected chi connectivity index (χ4v) is 10.8. The SMILES string of the molecule is CC(C)(C)[C@@H]1CCCCN1.CC(C)(C)[C@@H]1CCCCO1.CC(C)(C)[C@@H]1CCCNC1.CC(C)(C)[C@@H]1CCCOC1.CC(C)(C)[C@@H]1CNCCN1.CC(C)(C)[C@@H]1COCCN1.CC(C)(C)[C@H]1CNCCN1.CC(C)(C)[C@H]1CNCCO1. The number of piperazine rings is 2. The third kappa shape index (κ3) is 36.5. The first-order valence-corrected chi connectivity index (χ1v) is 33.0. The van der Waals surface area contributed by atoms with Crippen molar-refractivity contribution in [3.05, 3.63) is 0 Å². The predicted molar refractivity (Wildman–Crippen MR) is 349 cm³/mol. The third-order valence-corrected chi connectivity index (χ3v) is 17.4. The minimum absolute atomic E-state index is 0.285. The highest BCUT2D eigenvalue weighted by Gasteiger charge is 2.31. The topological polar surface area (TPSA) is 133 Å². The Hall–Kier alpha value is -0.480. The molecular weight excluding hydrogens is 993 g/mol. The van der Waals surface area contributed by atoms with E-state index in [0.29, 0.717) is 68.2 Å². The molecule has 80 heavy (non-hydrogen) atoms. The summed E-state index contributed by atoms with van der Waals surface area (Å²) in [5.74, 6) is 1.67. The van der Waals surface area contributed by atoms with Crippen molar-refractivity contribution in [1.82, 2.24) is 42.5 Å². The van der Waals surface area contributed by atoms with E-state index in [-0.39, 0.29) is 5.41 Å². The van der Waals surface area contributed by atoms with Crippen LogP contribution in [0.15, 0.2) is 0 Å². The first kappa shape index (κ1) is 77.5. The summed E-state index contributed by atoms with van der Waals surface area (Å²) in [6.07, 6.45) is 14.3. The molecule has 8 fully saturated rings. The zero-order chi connectivity index (χ0) is 60.9. The lowest BCUT2D eigenvalue weighted by atomic mass is 9.77. The largest absolute Gasteiger partial charge is 0.381 e. The number of nitrogens with one attached hydrogen (secondary N) is 8. The van der Waals surface area contributed by atoms with Crippen LogP contribution in [0.2, 0.25) is 0 Å². The van der Waals surface area contributed by atoms with Gasteiger partial charge in [-0.1, -0.05) is 173 Å². The van der Waals surface area contributed by atoms with Gasteiger partial charge in [-0.25, -0.2) is 0 Å². The van der Waals surface area contributed by atoms with Gasteiger partial charge in [-0.3, -0.25) is 0 Å². The molecule has 0 bridgehead atoms. The molecule has 8 heterocycles. The van der Waals surface area contributed by atoms with Crippen LogP contribution in [0.3, 0.4) is 0 Å². The van der Waals surface area contributed by atoms with Crippen LogP contribution in [-0.4, -0.2) is 155 Å². The maximum Gasteiger partial charge on any atom is 0.0748 e. The van der Waals surface area contributed by atoms with Crippen LogP contribution in [0.1, 0.15) is 230 Å². The Kier molecular flexibility index (Phi) is 36.8. The van der Waals surface area contributed by atoms with Crippen LogP contribution in [-0.2, 0) is 18.9 Å². The van der Waals surface area contributed by atoms with Gasteiger partial charge in [-0.05, 0) is 133 Å². The Balaban J connectivity index is 0.000000457. The average molecular weight is 1140 g/mol. The van der Waals surface area contributed by atoms with Crippen molar-refractivity contribution in [2.45, 2.75) is 267 Å². The van der Waals surface area contributed by atoms with Gasteiger partial charge in [0.15, 0.2) is 0 Å². The molecule has 0 unspecified atom stereocenters. The minimum Gasteiger partial charge on any atom is -0.381 e. The Morgan fingerprint density at radius 2 is 0.725 bits per heavy atom. The normalized spacial score (nSPS) is 28.5. The predicted octanol–water partition coefficient (Wildman–Crippen LogP) is 12.5. The molecular formula is C68H144N8O4. The summed E-state index contributed by atoms with van der Waals surface area (Å²) in [4.78, 5) is 0. The van der Waals surface area contributed by atoms with Crippen molar-refractivity contribution in [1.29, 1.82) is 0 Å². The Labute approximate surface area is 499 Å². The van der Waals surface area contributed by atoms with Crippen LogP contribution in [0.25, 0.3) is 0 Å². The zero-order valence-electron chi connectivity index (χ0n) is 58.1. The highest BCUT2D eigenvalue weighted by molar-refractivity contribution is 4.88. The van der Waals surface area contributed by atoms with Gasteiger partial charge in [-0.15, -0.1) is 0 Å². The van der Waals surface area contributed by atoms with E-state index in [1.54, 1.807) is 0 Å². The van der Waals surface area contributed by atoms with Gasteiger partial charge in [0.2, 0.25) is 0 Å². The van der Waals surface area contributed by atoms with E-state index < -0.39 is 0 Å². The quantitative estimate of drug-likeness (QED) is 0.117. The molecule has 12 heteroatoms. The Bertz CT molecular complexity index is 1120. The van der Waals surface area contributed by atoms with Crippen LogP contribution < -0.4 is 42.5 Å². The number of piperidine rings is 2. The molecule has 0 aliphatic carbocycles. The number of hydrogen-bond donors (Lipinski definition) is 8. The van der Waals surface area contributed by atoms with E-state index in [9.17, 15) is 0 Å². The second-order valence-corrected chi connectivity index (χ2v) is 33.3. The molecule has 12 nitrogen and oxygen atoms in total. The van der Waals surface area contributed by atoms with Gasteiger partial charge in [0.1, 0.15) is 0 Å². The maximum absolute atomic E-state index is 5.64. The van der Waals surface area contributed by atoms with E-state index in [2.05, 4.69) is 209 Å². The lowest BCUT2D eigenvalue weighted by Gasteiger charge is -2.35. The van der Waals surface area contributed by atoms with Crippen LogP contribution in [0.5, 0.6) is 0 Å². The second-order valence-electron chi connectivity index (χ2n) is 33.3. The fraction of sp³-hybridized carbons (Fsp3) is 1.00. The molecule has 8 aliphatic rings. The van der Waals surface area contributed by atoms with Crippen molar-refractivity contribution in [2.75, 3.05) is 118 Å². The summed E-state index contributed by atoms with van der Waals surface area (Å²) in [5, 5.41) is 27.5. The summed E-state index contributed by atoms with van der Waals surface area (Å²) in [5.41, 5.74) is 3.17. The van der Waals surface area contributed by atoms with Crippen LogP contribution >= 0.6 is 0 Å². The number of morpholine rings is 2. The zero-order valence-corrected chi connectivity index (χ0v) is 58.1. The standard InChI is InChI=1S/2C9H19N.2C9H18O.2C8H18N2.2C8H17NO/c1-9(2,3)8-5-4-6-10-7-8;1-9(2,3)8-6-4-5-7-10-8;1-9(2,3)8-5-4-6-10-7-8;1-9(2,3)8-6-4-5-7-10-8;2*1-8(2,3)7-6-9-4-5-10-7;1-8(2,3)7-6-10-5-4-9-7;1-8(2,3)7-6-9-4-5-10-7/h2*8,10H,4-7H2,1-3H3;2*8H,4-7H2,1-3H3;2*7,9-10H,4-6H2,1-3H3;2*7,9H,4-6H2,1-3H3/t4*8-;4*7-/m10101001/s1. The average Bonchev–Trinajstić information content (AvgIpc) is 3.40. The summed E-state index contributed by atoms with van der Waals surface area (Å²) in [6, 6.07) is 2.56. The molecule has 0 aromatic rings. The van der Waals surface area contributed by atoms with Gasteiger partial charge < -0.3 is 61.5 Å². The molecule has 8 aliphatic heterocycles. The van der Waals surface area contributed by atoms with Gasteiger partial charge in [0, 0.05) is 103 Å². The Morgan fingerprint density at radius 3 is 0.988 bits per heavy atom. The second kappa shape index (κ2) is 37.9. The lowest BCUT2D eigenvalue weighted by Crippen LogP contribution is -2.54. The van der Waals surface area contributed by atoms with Crippen molar-refractivity contribution >= 4 is 0 Å². The molecule has 0 radical (unpaired) electrons. The lowest BCUT2D eigenvalue weighted by molar-refractivity contribution is -0.0474. The number of hydrogen-bond acceptors (Lipinski definition) is 12. The fourth-order valence-electron chi connectivity index (χ4n) is 10.8. The third-order valence-electron chi connectivity index (χ3n) is 17.4. The van der Waals surface area contributed by atoms with E-state index in [1.807, 2.05) is 0 Å². The smallest absolute Gasteiger partial charge is 0.0748 e. The molecule has 0 aromatic carbocycles. The van der Waals surface area contributed by atoms with Crippen LogP contribution in [0, 0.1) is 55.2 Å². The number of ether oxygens (including phenoxy) is 4. The van der Waals surface area contributed by atoms with Crippen molar-refractivity contribution in [3.8, 4) is 0 Å². The highest BCUT2D eigenvalue weighted by Crippen LogP contribution is 2.33. The minimum atomic E-state index is 0.285. The first-order chi connectivity index (χ1) is 36.8. The first-order valence-electron chi connectivity index (χ1n) is 33.0. The van der Waals surface area contributed by atoms with E-state index in [0.717, 1.165) is 116 Å². The molecule has 0 amide bonds. The molecule has 8 saturated heterocycles. The number of rotatable bonds is 0. The molecule has 0 saturated carbocycles. The van der Waals surface area contributed by atoms with Crippen molar-refractivity contribution in [3.63, 3.8) is 0 Å². The summed E-state index contributed by atoms with van der Waals surface area (Å²) < 4.78 is 22.0. The molecule has 480 valence electrons. The van der Waals surface area contributed by atoms with Gasteiger partial charge in [-0.2, -0.15) is 0 Å². The molecule has 8 rings (SSSR count). The van der Waals surface area contributed by atoms with E-state index >= 15 is 0 Å². The summed E-state index contributed by atoms with van der Waals surface area (Å²) >= 11 is 0.